The van der Waals surface area contributed by atoms with Gasteiger partial charge in [-0.2, -0.15) is 11.8 Å². The molecule has 0 N–H and O–H groups in total. The first-order valence-corrected chi connectivity index (χ1v) is 7.60. The van der Waals surface area contributed by atoms with Crippen molar-refractivity contribution in [3.8, 4) is 22.8 Å². The van der Waals surface area contributed by atoms with Gasteiger partial charge in [-0.3, -0.25) is 4.98 Å². The molecule has 0 saturated heterocycles. The Hall–Kier alpha value is -1.68. The zero-order chi connectivity index (χ0) is 13.1. The Balaban J connectivity index is 1.89. The standard InChI is InChI=1S/C15H15NO2S/c1-19-10-11-2-4-13(16-9-11)12-3-5-14-15(8-12)18-7-6-17-14/h2-5,8-9H,6-7,10H2,1H3. The molecule has 0 aliphatic carbocycles. The van der Waals surface area contributed by atoms with E-state index in [4.69, 9.17) is 9.47 Å². The third-order valence-corrected chi connectivity index (χ3v) is 3.60. The molecule has 0 amide bonds. The second-order valence-electron chi connectivity index (χ2n) is 4.34. The number of hydrogen-bond donors (Lipinski definition) is 0. The van der Waals surface area contributed by atoms with Crippen molar-refractivity contribution >= 4 is 11.8 Å². The molecule has 1 aromatic carbocycles. The maximum atomic E-state index is 5.59. The summed E-state index contributed by atoms with van der Waals surface area (Å²) in [5.41, 5.74) is 3.26. The van der Waals surface area contributed by atoms with E-state index in [0.717, 1.165) is 28.5 Å². The molecule has 0 atom stereocenters. The molecule has 1 aliphatic heterocycles. The van der Waals surface area contributed by atoms with Gasteiger partial charge in [0, 0.05) is 17.5 Å². The average molecular weight is 273 g/mol. The van der Waals surface area contributed by atoms with E-state index in [2.05, 4.69) is 23.4 Å². The monoisotopic (exact) mass is 273 g/mol. The van der Waals surface area contributed by atoms with E-state index in [1.807, 2.05) is 24.4 Å². The quantitative estimate of drug-likeness (QED) is 0.858. The Labute approximate surface area is 117 Å². The number of aromatic nitrogens is 1. The fraction of sp³-hybridized carbons (Fsp3) is 0.267. The maximum Gasteiger partial charge on any atom is 0.162 e. The summed E-state index contributed by atoms with van der Waals surface area (Å²) in [5.74, 6) is 2.61. The molecule has 1 aromatic heterocycles. The van der Waals surface area contributed by atoms with Crippen molar-refractivity contribution in [2.75, 3.05) is 19.5 Å². The molecule has 98 valence electrons. The van der Waals surface area contributed by atoms with Gasteiger partial charge < -0.3 is 9.47 Å². The molecule has 19 heavy (non-hydrogen) atoms. The highest BCUT2D eigenvalue weighted by Crippen LogP contribution is 2.33. The highest BCUT2D eigenvalue weighted by atomic mass is 32.2. The molecule has 0 fully saturated rings. The molecular formula is C15H15NO2S. The van der Waals surface area contributed by atoms with Crippen LogP contribution in [-0.4, -0.2) is 24.5 Å². The highest BCUT2D eigenvalue weighted by molar-refractivity contribution is 7.97. The summed E-state index contributed by atoms with van der Waals surface area (Å²) in [6.45, 7) is 1.23. The van der Waals surface area contributed by atoms with Crippen LogP contribution in [0, 0.1) is 0 Å². The topological polar surface area (TPSA) is 31.4 Å². The molecule has 0 radical (unpaired) electrons. The van der Waals surface area contributed by atoms with Crippen LogP contribution in [0.4, 0.5) is 0 Å². The predicted octanol–water partition coefficient (Wildman–Crippen LogP) is 3.38. The van der Waals surface area contributed by atoms with Crippen molar-refractivity contribution in [1.82, 2.24) is 4.98 Å². The number of nitrogens with zero attached hydrogens (tertiary/aromatic N) is 1. The van der Waals surface area contributed by atoms with E-state index in [-0.39, 0.29) is 0 Å². The van der Waals surface area contributed by atoms with Crippen LogP contribution in [0.5, 0.6) is 11.5 Å². The van der Waals surface area contributed by atoms with E-state index >= 15 is 0 Å². The van der Waals surface area contributed by atoms with Crippen LogP contribution in [-0.2, 0) is 5.75 Å². The van der Waals surface area contributed by atoms with E-state index in [9.17, 15) is 0 Å². The summed E-state index contributed by atoms with van der Waals surface area (Å²) < 4.78 is 11.1. The van der Waals surface area contributed by atoms with Crippen LogP contribution in [0.25, 0.3) is 11.3 Å². The molecule has 0 unspecified atom stereocenters. The summed E-state index contributed by atoms with van der Waals surface area (Å²) in [4.78, 5) is 4.51. The third-order valence-electron chi connectivity index (χ3n) is 2.97. The minimum Gasteiger partial charge on any atom is -0.486 e. The van der Waals surface area contributed by atoms with Crippen LogP contribution < -0.4 is 9.47 Å². The van der Waals surface area contributed by atoms with Gasteiger partial charge in [-0.1, -0.05) is 6.07 Å². The molecule has 0 bridgehead atoms. The van der Waals surface area contributed by atoms with Gasteiger partial charge in [-0.15, -0.1) is 0 Å². The molecule has 4 heteroatoms. The first-order valence-electron chi connectivity index (χ1n) is 6.21. The molecule has 1 aliphatic rings. The summed E-state index contributed by atoms with van der Waals surface area (Å²) in [6.07, 6.45) is 4.03. The van der Waals surface area contributed by atoms with Crippen molar-refractivity contribution in [3.63, 3.8) is 0 Å². The van der Waals surface area contributed by atoms with Crippen molar-refractivity contribution in [3.05, 3.63) is 42.1 Å². The zero-order valence-corrected chi connectivity index (χ0v) is 11.6. The molecule has 2 heterocycles. The first kappa shape index (κ1) is 12.4. The van der Waals surface area contributed by atoms with Gasteiger partial charge in [0.15, 0.2) is 11.5 Å². The van der Waals surface area contributed by atoms with Crippen molar-refractivity contribution in [2.24, 2.45) is 0 Å². The lowest BCUT2D eigenvalue weighted by Gasteiger charge is -2.18. The number of fused-ring (bicyclic) bond motifs is 1. The molecule has 0 spiro atoms. The summed E-state index contributed by atoms with van der Waals surface area (Å²) >= 11 is 1.80. The van der Waals surface area contributed by atoms with Gasteiger partial charge in [0.1, 0.15) is 13.2 Å². The Bertz CT molecular complexity index is 569. The van der Waals surface area contributed by atoms with Crippen LogP contribution in [0.3, 0.4) is 0 Å². The highest BCUT2D eigenvalue weighted by Gasteiger charge is 2.12. The zero-order valence-electron chi connectivity index (χ0n) is 10.8. The molecular weight excluding hydrogens is 258 g/mol. The average Bonchev–Trinajstić information content (AvgIpc) is 2.48. The second-order valence-corrected chi connectivity index (χ2v) is 5.21. The van der Waals surface area contributed by atoms with Crippen LogP contribution in [0.15, 0.2) is 36.5 Å². The van der Waals surface area contributed by atoms with Gasteiger partial charge in [-0.05, 0) is 36.1 Å². The number of thioether (sulfide) groups is 1. The van der Waals surface area contributed by atoms with Gasteiger partial charge in [-0.25, -0.2) is 0 Å². The second kappa shape index (κ2) is 5.53. The Morgan fingerprint density at radius 3 is 2.68 bits per heavy atom. The molecule has 3 nitrogen and oxygen atoms in total. The number of hydrogen-bond acceptors (Lipinski definition) is 4. The molecule has 3 rings (SSSR count). The summed E-state index contributed by atoms with van der Waals surface area (Å²) in [5, 5.41) is 0. The maximum absolute atomic E-state index is 5.59. The van der Waals surface area contributed by atoms with Gasteiger partial charge in [0.2, 0.25) is 0 Å². The number of pyridine rings is 1. The van der Waals surface area contributed by atoms with Crippen molar-refractivity contribution < 1.29 is 9.47 Å². The third kappa shape index (κ3) is 2.68. The minimum atomic E-state index is 0.608. The Kier molecular flexibility index (Phi) is 3.60. The number of rotatable bonds is 3. The van der Waals surface area contributed by atoms with E-state index < -0.39 is 0 Å². The van der Waals surface area contributed by atoms with Crippen LogP contribution >= 0.6 is 11.8 Å². The first-order chi connectivity index (χ1) is 9.36. The minimum absolute atomic E-state index is 0.608. The van der Waals surface area contributed by atoms with E-state index in [1.54, 1.807) is 11.8 Å². The van der Waals surface area contributed by atoms with Crippen LogP contribution in [0.1, 0.15) is 5.56 Å². The van der Waals surface area contributed by atoms with Gasteiger partial charge in [0.25, 0.3) is 0 Å². The fourth-order valence-corrected chi connectivity index (χ4v) is 2.55. The largest absolute Gasteiger partial charge is 0.486 e. The lowest BCUT2D eigenvalue weighted by atomic mass is 10.1. The van der Waals surface area contributed by atoms with Crippen LogP contribution in [0.2, 0.25) is 0 Å². The van der Waals surface area contributed by atoms with Gasteiger partial charge in [0.05, 0.1) is 5.69 Å². The van der Waals surface area contributed by atoms with E-state index in [0.29, 0.717) is 13.2 Å². The fourth-order valence-electron chi connectivity index (χ4n) is 2.05. The lowest BCUT2D eigenvalue weighted by Crippen LogP contribution is -2.15. The molecule has 0 saturated carbocycles. The summed E-state index contributed by atoms with van der Waals surface area (Å²) in [6, 6.07) is 10.1. The van der Waals surface area contributed by atoms with Crippen molar-refractivity contribution in [1.29, 1.82) is 0 Å². The normalized spacial score (nSPS) is 13.3. The Morgan fingerprint density at radius 1 is 1.11 bits per heavy atom. The number of ether oxygens (including phenoxy) is 2. The SMILES string of the molecule is CSCc1ccc(-c2ccc3c(c2)OCCO3)nc1. The summed E-state index contributed by atoms with van der Waals surface area (Å²) in [7, 11) is 0. The smallest absolute Gasteiger partial charge is 0.162 e. The Morgan fingerprint density at radius 2 is 1.95 bits per heavy atom. The predicted molar refractivity (Wildman–Crippen MR) is 77.9 cm³/mol. The van der Waals surface area contributed by atoms with Crippen molar-refractivity contribution in [2.45, 2.75) is 5.75 Å². The van der Waals surface area contributed by atoms with E-state index in [1.165, 1.54) is 5.56 Å². The van der Waals surface area contributed by atoms with Gasteiger partial charge >= 0.3 is 0 Å². The lowest BCUT2D eigenvalue weighted by molar-refractivity contribution is 0.171. The molecule has 2 aromatic rings. The number of benzene rings is 1.